The molecule has 14 heavy (non-hydrogen) atoms. The highest BCUT2D eigenvalue weighted by atomic mass is 15.0. The average molecular weight is 186 g/mol. The molecule has 0 aliphatic heterocycles. The molecule has 2 nitrogen and oxygen atoms in total. The van der Waals surface area contributed by atoms with Gasteiger partial charge in [0, 0.05) is 25.0 Å². The minimum atomic E-state index is 1.02. The minimum absolute atomic E-state index is 1.02. The Labute approximate surface area is 84.2 Å². The summed E-state index contributed by atoms with van der Waals surface area (Å²) in [4.78, 5) is 4.32. The van der Waals surface area contributed by atoms with E-state index in [-0.39, 0.29) is 0 Å². The highest BCUT2D eigenvalue weighted by Crippen LogP contribution is 2.19. The topological polar surface area (TPSA) is 17.8 Å². The van der Waals surface area contributed by atoms with Crippen LogP contribution in [-0.4, -0.2) is 9.55 Å². The smallest absolute Gasteiger partial charge is 0.139 e. The zero-order chi connectivity index (χ0) is 10.1. The lowest BCUT2D eigenvalue weighted by atomic mass is 10.1. The number of hydrogen-bond acceptors (Lipinski definition) is 1. The molecular weight excluding hydrogens is 172 g/mol. The Balaban J connectivity index is 2.53. The lowest BCUT2D eigenvalue weighted by Gasteiger charge is -2.04. The van der Waals surface area contributed by atoms with Crippen molar-refractivity contribution in [3.05, 3.63) is 41.7 Å². The Bertz CT molecular complexity index is 455. The van der Waals surface area contributed by atoms with Gasteiger partial charge in [0.2, 0.25) is 0 Å². The molecule has 0 amide bonds. The van der Waals surface area contributed by atoms with Crippen LogP contribution in [0, 0.1) is 13.8 Å². The normalized spacial score (nSPS) is 10.5. The van der Waals surface area contributed by atoms with Gasteiger partial charge in [-0.1, -0.05) is 12.1 Å². The molecule has 1 aromatic heterocycles. The monoisotopic (exact) mass is 186 g/mol. The van der Waals surface area contributed by atoms with Gasteiger partial charge in [0.05, 0.1) is 0 Å². The van der Waals surface area contributed by atoms with Crippen molar-refractivity contribution in [2.75, 3.05) is 0 Å². The molecule has 0 fully saturated rings. The Morgan fingerprint density at radius 1 is 1.14 bits per heavy atom. The first kappa shape index (κ1) is 9.00. The second-order valence-corrected chi connectivity index (χ2v) is 3.66. The van der Waals surface area contributed by atoms with Gasteiger partial charge in [0.1, 0.15) is 5.82 Å². The Morgan fingerprint density at radius 2 is 1.93 bits per heavy atom. The summed E-state index contributed by atoms with van der Waals surface area (Å²) in [6.07, 6.45) is 3.79. The second-order valence-electron chi connectivity index (χ2n) is 3.66. The lowest BCUT2D eigenvalue weighted by molar-refractivity contribution is 0.924. The van der Waals surface area contributed by atoms with Crippen molar-refractivity contribution in [1.29, 1.82) is 0 Å². The summed E-state index contributed by atoms with van der Waals surface area (Å²) in [5, 5.41) is 0. The summed E-state index contributed by atoms with van der Waals surface area (Å²) in [6.45, 7) is 4.25. The molecule has 0 aliphatic carbocycles. The summed E-state index contributed by atoms with van der Waals surface area (Å²) in [5.74, 6) is 1.02. The molecule has 0 N–H and O–H groups in total. The summed E-state index contributed by atoms with van der Waals surface area (Å²) < 4.78 is 2.03. The number of benzene rings is 1. The van der Waals surface area contributed by atoms with E-state index in [9.17, 15) is 0 Å². The molecule has 1 aromatic carbocycles. The molecule has 0 saturated carbocycles. The van der Waals surface area contributed by atoms with Crippen LogP contribution >= 0.6 is 0 Å². The summed E-state index contributed by atoms with van der Waals surface area (Å²) in [5.41, 5.74) is 3.81. The highest BCUT2D eigenvalue weighted by Gasteiger charge is 2.03. The number of imidazole rings is 1. The van der Waals surface area contributed by atoms with Crippen LogP contribution < -0.4 is 0 Å². The first-order chi connectivity index (χ1) is 6.68. The van der Waals surface area contributed by atoms with E-state index in [1.165, 1.54) is 16.7 Å². The van der Waals surface area contributed by atoms with Gasteiger partial charge in [-0.25, -0.2) is 4.98 Å². The quantitative estimate of drug-likeness (QED) is 0.669. The molecule has 0 aliphatic rings. The van der Waals surface area contributed by atoms with Crippen LogP contribution in [0.4, 0.5) is 0 Å². The Kier molecular flexibility index (Phi) is 2.12. The fourth-order valence-corrected chi connectivity index (χ4v) is 1.52. The van der Waals surface area contributed by atoms with Gasteiger partial charge >= 0.3 is 0 Å². The van der Waals surface area contributed by atoms with E-state index in [0.29, 0.717) is 0 Å². The first-order valence-electron chi connectivity index (χ1n) is 4.73. The molecule has 2 rings (SSSR count). The van der Waals surface area contributed by atoms with Crippen LogP contribution in [0.25, 0.3) is 11.4 Å². The van der Waals surface area contributed by atoms with Crippen LogP contribution in [0.15, 0.2) is 30.6 Å². The van der Waals surface area contributed by atoms with Crippen molar-refractivity contribution in [1.82, 2.24) is 9.55 Å². The molecule has 0 radical (unpaired) electrons. The van der Waals surface area contributed by atoms with Gasteiger partial charge in [-0.15, -0.1) is 0 Å². The molecular formula is C12H14N2. The molecule has 0 spiro atoms. The van der Waals surface area contributed by atoms with Gasteiger partial charge in [-0.3, -0.25) is 0 Å². The van der Waals surface area contributed by atoms with Gasteiger partial charge < -0.3 is 4.57 Å². The number of aromatic nitrogens is 2. The zero-order valence-corrected chi connectivity index (χ0v) is 8.78. The van der Waals surface area contributed by atoms with Gasteiger partial charge in [0.15, 0.2) is 0 Å². The molecule has 72 valence electrons. The van der Waals surface area contributed by atoms with E-state index in [0.717, 1.165) is 5.82 Å². The van der Waals surface area contributed by atoms with Crippen LogP contribution in [0.3, 0.4) is 0 Å². The largest absolute Gasteiger partial charge is 0.334 e. The third-order valence-electron chi connectivity index (χ3n) is 2.59. The maximum absolute atomic E-state index is 4.32. The van der Waals surface area contributed by atoms with Crippen LogP contribution in [0.5, 0.6) is 0 Å². The molecule has 0 bridgehead atoms. The molecule has 2 aromatic rings. The lowest BCUT2D eigenvalue weighted by Crippen LogP contribution is -1.92. The molecule has 0 saturated heterocycles. The molecule has 1 heterocycles. The molecule has 0 atom stereocenters. The molecule has 2 heteroatoms. The number of nitrogens with zero attached hydrogens (tertiary/aromatic N) is 2. The summed E-state index contributed by atoms with van der Waals surface area (Å²) in [6, 6.07) is 6.43. The summed E-state index contributed by atoms with van der Waals surface area (Å²) in [7, 11) is 2.01. The van der Waals surface area contributed by atoms with Crippen LogP contribution in [-0.2, 0) is 7.05 Å². The predicted molar refractivity (Wildman–Crippen MR) is 58.1 cm³/mol. The van der Waals surface area contributed by atoms with E-state index in [4.69, 9.17) is 0 Å². The van der Waals surface area contributed by atoms with Crippen molar-refractivity contribution in [3.8, 4) is 11.4 Å². The minimum Gasteiger partial charge on any atom is -0.334 e. The van der Waals surface area contributed by atoms with Crippen molar-refractivity contribution in [2.24, 2.45) is 7.05 Å². The number of rotatable bonds is 1. The molecule has 0 unspecified atom stereocenters. The van der Waals surface area contributed by atoms with Crippen molar-refractivity contribution >= 4 is 0 Å². The van der Waals surface area contributed by atoms with E-state index in [1.54, 1.807) is 0 Å². The van der Waals surface area contributed by atoms with Gasteiger partial charge in [0.25, 0.3) is 0 Å². The maximum Gasteiger partial charge on any atom is 0.139 e. The van der Waals surface area contributed by atoms with Crippen molar-refractivity contribution in [3.63, 3.8) is 0 Å². The third kappa shape index (κ3) is 1.43. The van der Waals surface area contributed by atoms with Crippen molar-refractivity contribution < 1.29 is 0 Å². The first-order valence-corrected chi connectivity index (χ1v) is 4.73. The van der Waals surface area contributed by atoms with E-state index < -0.39 is 0 Å². The highest BCUT2D eigenvalue weighted by molar-refractivity contribution is 5.57. The Hall–Kier alpha value is -1.57. The van der Waals surface area contributed by atoms with Crippen LogP contribution in [0.2, 0.25) is 0 Å². The van der Waals surface area contributed by atoms with E-state index in [2.05, 4.69) is 37.0 Å². The van der Waals surface area contributed by atoms with Crippen LogP contribution in [0.1, 0.15) is 11.1 Å². The second kappa shape index (κ2) is 3.29. The van der Waals surface area contributed by atoms with E-state index >= 15 is 0 Å². The number of hydrogen-bond donors (Lipinski definition) is 0. The number of aryl methyl sites for hydroxylation is 3. The standard InChI is InChI=1S/C12H14N2/c1-9-4-5-11(8-10(9)2)12-13-6-7-14(12)3/h4-8H,1-3H3. The fraction of sp³-hybridized carbons (Fsp3) is 0.250. The average Bonchev–Trinajstić information content (AvgIpc) is 2.57. The predicted octanol–water partition coefficient (Wildman–Crippen LogP) is 2.70. The van der Waals surface area contributed by atoms with Gasteiger partial charge in [-0.05, 0) is 31.0 Å². The van der Waals surface area contributed by atoms with Crippen molar-refractivity contribution in [2.45, 2.75) is 13.8 Å². The fourth-order valence-electron chi connectivity index (χ4n) is 1.52. The third-order valence-corrected chi connectivity index (χ3v) is 2.59. The Morgan fingerprint density at radius 3 is 2.50 bits per heavy atom. The maximum atomic E-state index is 4.32. The SMILES string of the molecule is Cc1ccc(-c2nccn2C)cc1C. The van der Waals surface area contributed by atoms with Gasteiger partial charge in [-0.2, -0.15) is 0 Å². The zero-order valence-electron chi connectivity index (χ0n) is 8.78. The van der Waals surface area contributed by atoms with E-state index in [1.807, 2.05) is 24.0 Å². The summed E-state index contributed by atoms with van der Waals surface area (Å²) >= 11 is 0.